The Hall–Kier alpha value is -2.37. The van der Waals surface area contributed by atoms with Gasteiger partial charge in [-0.25, -0.2) is 0 Å². The molecular weight excluding hydrogens is 364 g/mol. The highest BCUT2D eigenvalue weighted by molar-refractivity contribution is 5.81. The number of hydrogen-bond acceptors (Lipinski definition) is 4. The lowest BCUT2D eigenvalue weighted by Crippen LogP contribution is -2.37. The van der Waals surface area contributed by atoms with Crippen LogP contribution in [0.25, 0.3) is 0 Å². The Bertz CT molecular complexity index is 798. The number of nitrogens with one attached hydrogen (secondary N) is 1. The minimum Gasteiger partial charge on any atom is -0.480 e. The van der Waals surface area contributed by atoms with E-state index in [0.29, 0.717) is 13.0 Å². The second kappa shape index (κ2) is 10.4. The summed E-state index contributed by atoms with van der Waals surface area (Å²) in [5, 5.41) is 3.01. The first-order chi connectivity index (χ1) is 14.0. The zero-order valence-corrected chi connectivity index (χ0v) is 17.7. The molecule has 1 N–H and O–H groups in total. The fourth-order valence-corrected chi connectivity index (χ4v) is 3.49. The molecule has 0 saturated carbocycles. The van der Waals surface area contributed by atoms with Crippen LogP contribution in [0.15, 0.2) is 42.5 Å². The summed E-state index contributed by atoms with van der Waals surface area (Å²) in [6, 6.07) is 14.5. The number of carbonyl (C=O) groups excluding carboxylic acids is 1. The summed E-state index contributed by atoms with van der Waals surface area (Å²) in [4.78, 5) is 15.0. The van der Waals surface area contributed by atoms with Crippen molar-refractivity contribution in [2.75, 3.05) is 26.3 Å². The van der Waals surface area contributed by atoms with Gasteiger partial charge in [-0.05, 0) is 43.0 Å². The number of amides is 1. The largest absolute Gasteiger partial charge is 0.480 e. The van der Waals surface area contributed by atoms with E-state index in [4.69, 9.17) is 9.47 Å². The predicted octanol–water partition coefficient (Wildman–Crippen LogP) is 3.61. The summed E-state index contributed by atoms with van der Waals surface area (Å²) >= 11 is 0. The summed E-state index contributed by atoms with van der Waals surface area (Å²) in [6.45, 7) is 11.1. The summed E-state index contributed by atoms with van der Waals surface area (Å²) in [7, 11) is 0. The van der Waals surface area contributed by atoms with Crippen molar-refractivity contribution in [3.8, 4) is 5.75 Å². The van der Waals surface area contributed by atoms with Gasteiger partial charge < -0.3 is 14.8 Å². The molecule has 1 saturated heterocycles. The number of morpholine rings is 1. The molecule has 2 aromatic rings. The molecule has 1 amide bonds. The van der Waals surface area contributed by atoms with Gasteiger partial charge in [0, 0.05) is 26.2 Å². The molecule has 0 unspecified atom stereocenters. The molecule has 1 heterocycles. The highest BCUT2D eigenvalue weighted by atomic mass is 16.5. The number of aryl methyl sites for hydroxylation is 2. The van der Waals surface area contributed by atoms with Gasteiger partial charge in [0.05, 0.1) is 13.2 Å². The molecule has 0 spiro atoms. The van der Waals surface area contributed by atoms with Gasteiger partial charge in [0.25, 0.3) is 5.91 Å². The van der Waals surface area contributed by atoms with E-state index in [0.717, 1.165) is 49.7 Å². The maximum Gasteiger partial charge on any atom is 0.261 e. The molecule has 3 rings (SSSR count). The third kappa shape index (κ3) is 6.31. The van der Waals surface area contributed by atoms with Gasteiger partial charge in [-0.15, -0.1) is 0 Å². The Morgan fingerprint density at radius 1 is 1.10 bits per heavy atom. The zero-order valence-electron chi connectivity index (χ0n) is 17.7. The molecule has 1 atom stereocenters. The predicted molar refractivity (Wildman–Crippen MR) is 115 cm³/mol. The molecule has 29 heavy (non-hydrogen) atoms. The molecule has 1 aliphatic heterocycles. The topological polar surface area (TPSA) is 50.8 Å². The van der Waals surface area contributed by atoms with Crippen molar-refractivity contribution < 1.29 is 14.3 Å². The highest BCUT2D eigenvalue weighted by Gasteiger charge is 2.19. The fourth-order valence-electron chi connectivity index (χ4n) is 3.49. The number of rotatable bonds is 8. The van der Waals surface area contributed by atoms with Crippen LogP contribution in [0.1, 0.15) is 35.6 Å². The van der Waals surface area contributed by atoms with Crippen LogP contribution in [0, 0.1) is 13.8 Å². The molecular formula is C24H32N2O3. The van der Waals surface area contributed by atoms with Crippen molar-refractivity contribution in [2.24, 2.45) is 0 Å². The van der Waals surface area contributed by atoms with Crippen LogP contribution >= 0.6 is 0 Å². The van der Waals surface area contributed by atoms with Crippen molar-refractivity contribution in [2.45, 2.75) is 46.4 Å². The van der Waals surface area contributed by atoms with E-state index in [2.05, 4.69) is 40.5 Å². The molecule has 0 aliphatic carbocycles. The Labute approximate surface area is 174 Å². The molecule has 5 nitrogen and oxygen atoms in total. The molecule has 1 aliphatic rings. The standard InChI is InChI=1S/C24H32N2O3/c1-4-22(29-23-10-5-18(2)15-19(23)3)24(27)25-16-20-6-8-21(9-7-20)17-26-11-13-28-14-12-26/h5-10,15,22H,4,11-14,16-17H2,1-3H3,(H,25,27)/t22-/m0/s1. The highest BCUT2D eigenvalue weighted by Crippen LogP contribution is 2.21. The molecule has 156 valence electrons. The molecule has 0 radical (unpaired) electrons. The zero-order chi connectivity index (χ0) is 20.6. The van der Waals surface area contributed by atoms with E-state index in [1.807, 2.05) is 32.9 Å². The van der Waals surface area contributed by atoms with Crippen molar-refractivity contribution in [1.29, 1.82) is 0 Å². The first-order valence-electron chi connectivity index (χ1n) is 10.4. The third-order valence-electron chi connectivity index (χ3n) is 5.26. The van der Waals surface area contributed by atoms with E-state index < -0.39 is 6.10 Å². The number of benzene rings is 2. The number of ether oxygens (including phenoxy) is 2. The summed E-state index contributed by atoms with van der Waals surface area (Å²) in [5.41, 5.74) is 4.61. The average Bonchev–Trinajstić information content (AvgIpc) is 2.73. The first kappa shape index (κ1) is 21.3. The van der Waals surface area contributed by atoms with Crippen LogP contribution in [0.4, 0.5) is 0 Å². The number of nitrogens with zero attached hydrogens (tertiary/aromatic N) is 1. The normalized spacial score (nSPS) is 15.7. The van der Waals surface area contributed by atoms with Gasteiger partial charge in [-0.3, -0.25) is 9.69 Å². The second-order valence-corrected chi connectivity index (χ2v) is 7.71. The van der Waals surface area contributed by atoms with Crippen LogP contribution in [0.2, 0.25) is 0 Å². The Balaban J connectivity index is 1.50. The van der Waals surface area contributed by atoms with Crippen molar-refractivity contribution in [3.05, 3.63) is 64.7 Å². The maximum atomic E-state index is 12.6. The van der Waals surface area contributed by atoms with Gasteiger partial charge in [-0.1, -0.05) is 48.9 Å². The average molecular weight is 397 g/mol. The number of carbonyl (C=O) groups is 1. The summed E-state index contributed by atoms with van der Waals surface area (Å²) < 4.78 is 11.4. The van der Waals surface area contributed by atoms with Crippen LogP contribution in [-0.4, -0.2) is 43.2 Å². The van der Waals surface area contributed by atoms with E-state index in [1.165, 1.54) is 11.1 Å². The van der Waals surface area contributed by atoms with Crippen LogP contribution in [-0.2, 0) is 22.6 Å². The van der Waals surface area contributed by atoms with Crippen LogP contribution in [0.3, 0.4) is 0 Å². The minimum absolute atomic E-state index is 0.0788. The van der Waals surface area contributed by atoms with Crippen molar-refractivity contribution >= 4 is 5.91 Å². The first-order valence-corrected chi connectivity index (χ1v) is 10.4. The lowest BCUT2D eigenvalue weighted by Gasteiger charge is -2.26. The van der Waals surface area contributed by atoms with Gasteiger partial charge in [-0.2, -0.15) is 0 Å². The SMILES string of the molecule is CC[C@H](Oc1ccc(C)cc1C)C(=O)NCc1ccc(CN2CCOCC2)cc1. The molecule has 2 aromatic carbocycles. The minimum atomic E-state index is -0.489. The smallest absolute Gasteiger partial charge is 0.261 e. The van der Waals surface area contributed by atoms with E-state index >= 15 is 0 Å². The van der Waals surface area contributed by atoms with Gasteiger partial charge >= 0.3 is 0 Å². The van der Waals surface area contributed by atoms with E-state index in [1.54, 1.807) is 0 Å². The van der Waals surface area contributed by atoms with Gasteiger partial charge in [0.1, 0.15) is 5.75 Å². The fraction of sp³-hybridized carbons (Fsp3) is 0.458. The lowest BCUT2D eigenvalue weighted by atomic mass is 10.1. The Morgan fingerprint density at radius 2 is 1.79 bits per heavy atom. The van der Waals surface area contributed by atoms with Crippen LogP contribution in [0.5, 0.6) is 5.75 Å². The summed E-state index contributed by atoms with van der Waals surface area (Å²) in [5.74, 6) is 0.690. The Morgan fingerprint density at radius 3 is 2.45 bits per heavy atom. The van der Waals surface area contributed by atoms with E-state index in [9.17, 15) is 4.79 Å². The number of hydrogen-bond donors (Lipinski definition) is 1. The van der Waals surface area contributed by atoms with Gasteiger partial charge in [0.2, 0.25) is 0 Å². The molecule has 1 fully saturated rings. The second-order valence-electron chi connectivity index (χ2n) is 7.71. The molecule has 0 bridgehead atoms. The maximum absolute atomic E-state index is 12.6. The summed E-state index contributed by atoms with van der Waals surface area (Å²) in [6.07, 6.45) is 0.134. The lowest BCUT2D eigenvalue weighted by molar-refractivity contribution is -0.128. The van der Waals surface area contributed by atoms with Crippen LogP contribution < -0.4 is 10.1 Å². The monoisotopic (exact) mass is 396 g/mol. The third-order valence-corrected chi connectivity index (χ3v) is 5.26. The molecule has 5 heteroatoms. The quantitative estimate of drug-likeness (QED) is 0.741. The van der Waals surface area contributed by atoms with Crippen molar-refractivity contribution in [1.82, 2.24) is 10.2 Å². The van der Waals surface area contributed by atoms with Gasteiger partial charge in [0.15, 0.2) is 6.10 Å². The van der Waals surface area contributed by atoms with Crippen molar-refractivity contribution in [3.63, 3.8) is 0 Å². The molecule has 0 aromatic heterocycles. The Kier molecular flexibility index (Phi) is 7.67. The van der Waals surface area contributed by atoms with E-state index in [-0.39, 0.29) is 5.91 Å².